The summed E-state index contributed by atoms with van der Waals surface area (Å²) in [7, 11) is 1.62. The van der Waals surface area contributed by atoms with Crippen molar-refractivity contribution in [2.24, 2.45) is 0 Å². The normalized spacial score (nSPS) is 17.9. The van der Waals surface area contributed by atoms with Crippen LogP contribution in [0.25, 0.3) is 0 Å². The standard InChI is InChI=1S/C15H18N2O3S/c1-4-20-14(18)13-9(2)12(16-15(21)17-13)10-5-7-11(19-3)8-6-10/h5-8,12H,4H2,1-3H3,(H2,16,17,21)/t12-/m0/s1. The molecule has 1 aromatic rings. The predicted octanol–water partition coefficient (Wildman–Crippen LogP) is 2.05. The van der Waals surface area contributed by atoms with E-state index in [0.717, 1.165) is 16.9 Å². The van der Waals surface area contributed by atoms with E-state index in [1.807, 2.05) is 31.2 Å². The molecule has 0 bridgehead atoms. The zero-order valence-corrected chi connectivity index (χ0v) is 13.0. The summed E-state index contributed by atoms with van der Waals surface area (Å²) in [5.41, 5.74) is 2.24. The van der Waals surface area contributed by atoms with Crippen molar-refractivity contribution in [3.63, 3.8) is 0 Å². The molecule has 0 fully saturated rings. The number of carbonyl (C=O) groups excluding carboxylic acids is 1. The molecular formula is C15H18N2O3S. The molecule has 6 heteroatoms. The number of nitrogens with one attached hydrogen (secondary N) is 2. The molecule has 1 aromatic carbocycles. The third-order valence-electron chi connectivity index (χ3n) is 3.27. The van der Waals surface area contributed by atoms with Gasteiger partial charge in [0.1, 0.15) is 11.4 Å². The summed E-state index contributed by atoms with van der Waals surface area (Å²) in [5, 5.41) is 6.44. The topological polar surface area (TPSA) is 59.6 Å². The van der Waals surface area contributed by atoms with Crippen molar-refractivity contribution in [3.8, 4) is 5.75 Å². The van der Waals surface area contributed by atoms with Gasteiger partial charge in [-0.1, -0.05) is 12.1 Å². The average molecular weight is 306 g/mol. The van der Waals surface area contributed by atoms with Gasteiger partial charge in [-0.05, 0) is 49.3 Å². The molecule has 112 valence electrons. The fourth-order valence-electron chi connectivity index (χ4n) is 2.18. The van der Waals surface area contributed by atoms with Gasteiger partial charge >= 0.3 is 5.97 Å². The molecule has 0 saturated carbocycles. The van der Waals surface area contributed by atoms with E-state index in [1.54, 1.807) is 14.0 Å². The molecule has 0 aromatic heterocycles. The summed E-state index contributed by atoms with van der Waals surface area (Å²) in [5.74, 6) is 0.389. The molecule has 1 heterocycles. The molecule has 21 heavy (non-hydrogen) atoms. The second-order valence-corrected chi connectivity index (χ2v) is 4.99. The first kappa shape index (κ1) is 15.3. The monoisotopic (exact) mass is 306 g/mol. The Hall–Kier alpha value is -2.08. The molecule has 0 spiro atoms. The van der Waals surface area contributed by atoms with Crippen molar-refractivity contribution in [1.29, 1.82) is 0 Å². The number of esters is 1. The Bertz CT molecular complexity index is 581. The van der Waals surface area contributed by atoms with E-state index in [0.29, 0.717) is 17.4 Å². The first-order valence-corrected chi connectivity index (χ1v) is 7.07. The fourth-order valence-corrected chi connectivity index (χ4v) is 2.40. The maximum Gasteiger partial charge on any atom is 0.354 e. The molecule has 2 N–H and O–H groups in total. The van der Waals surface area contributed by atoms with E-state index >= 15 is 0 Å². The first-order valence-electron chi connectivity index (χ1n) is 6.66. The van der Waals surface area contributed by atoms with Crippen LogP contribution in [0.2, 0.25) is 0 Å². The molecule has 2 rings (SSSR count). The Morgan fingerprint density at radius 1 is 1.33 bits per heavy atom. The second-order valence-electron chi connectivity index (χ2n) is 4.58. The molecule has 5 nitrogen and oxygen atoms in total. The Morgan fingerprint density at radius 3 is 2.57 bits per heavy atom. The minimum atomic E-state index is -0.391. The van der Waals surface area contributed by atoms with Crippen LogP contribution in [0.3, 0.4) is 0 Å². The summed E-state index contributed by atoms with van der Waals surface area (Å²) in [6.45, 7) is 3.97. The van der Waals surface area contributed by atoms with Crippen LogP contribution in [0.5, 0.6) is 5.75 Å². The molecule has 0 unspecified atom stereocenters. The number of benzene rings is 1. The van der Waals surface area contributed by atoms with Crippen molar-refractivity contribution < 1.29 is 14.3 Å². The van der Waals surface area contributed by atoms with Gasteiger partial charge in [-0.25, -0.2) is 4.79 Å². The zero-order valence-electron chi connectivity index (χ0n) is 12.2. The van der Waals surface area contributed by atoms with Crippen LogP contribution in [0.15, 0.2) is 35.5 Å². The van der Waals surface area contributed by atoms with Gasteiger partial charge in [-0.15, -0.1) is 0 Å². The lowest BCUT2D eigenvalue weighted by Crippen LogP contribution is -2.45. The number of hydrogen-bond donors (Lipinski definition) is 2. The SMILES string of the molecule is CCOC(=O)C1=C(C)[C@@H](c2ccc(OC)cc2)NC(=S)N1. The predicted molar refractivity (Wildman–Crippen MR) is 83.9 cm³/mol. The Kier molecular flexibility index (Phi) is 4.80. The van der Waals surface area contributed by atoms with Gasteiger partial charge in [-0.2, -0.15) is 0 Å². The summed E-state index contributed by atoms with van der Waals surface area (Å²) >= 11 is 5.18. The minimum Gasteiger partial charge on any atom is -0.497 e. The molecule has 0 aliphatic carbocycles. The molecule has 0 saturated heterocycles. The van der Waals surface area contributed by atoms with Gasteiger partial charge in [-0.3, -0.25) is 0 Å². The number of methoxy groups -OCH3 is 1. The third kappa shape index (κ3) is 3.33. The Morgan fingerprint density at radius 2 is 2.00 bits per heavy atom. The summed E-state index contributed by atoms with van der Waals surface area (Å²) in [6, 6.07) is 7.47. The van der Waals surface area contributed by atoms with Gasteiger partial charge in [0.25, 0.3) is 0 Å². The van der Waals surface area contributed by atoms with E-state index < -0.39 is 5.97 Å². The lowest BCUT2D eigenvalue weighted by atomic mass is 9.96. The van der Waals surface area contributed by atoms with Gasteiger partial charge in [0, 0.05) is 0 Å². The summed E-state index contributed by atoms with van der Waals surface area (Å²) in [6.07, 6.45) is 0. The maximum absolute atomic E-state index is 12.0. The smallest absolute Gasteiger partial charge is 0.354 e. The van der Waals surface area contributed by atoms with Crippen LogP contribution in [-0.2, 0) is 9.53 Å². The molecule has 0 amide bonds. The number of ether oxygens (including phenoxy) is 2. The van der Waals surface area contributed by atoms with Gasteiger partial charge in [0.2, 0.25) is 0 Å². The van der Waals surface area contributed by atoms with Crippen molar-refractivity contribution in [2.75, 3.05) is 13.7 Å². The van der Waals surface area contributed by atoms with Gasteiger partial charge in [0.05, 0.1) is 19.8 Å². The maximum atomic E-state index is 12.0. The quantitative estimate of drug-likeness (QED) is 0.656. The van der Waals surface area contributed by atoms with E-state index in [1.165, 1.54) is 0 Å². The van der Waals surface area contributed by atoms with E-state index in [4.69, 9.17) is 21.7 Å². The van der Waals surface area contributed by atoms with E-state index in [9.17, 15) is 4.79 Å². The number of thiocarbonyl (C=S) groups is 1. The van der Waals surface area contributed by atoms with Crippen molar-refractivity contribution in [3.05, 3.63) is 41.1 Å². The fraction of sp³-hybridized carbons (Fsp3) is 0.333. The number of rotatable bonds is 4. The van der Waals surface area contributed by atoms with Crippen LogP contribution in [0.4, 0.5) is 0 Å². The summed E-state index contributed by atoms with van der Waals surface area (Å²) in [4.78, 5) is 12.0. The van der Waals surface area contributed by atoms with Gasteiger partial charge in [0.15, 0.2) is 5.11 Å². The Balaban J connectivity index is 2.34. The van der Waals surface area contributed by atoms with Crippen LogP contribution >= 0.6 is 12.2 Å². The van der Waals surface area contributed by atoms with Crippen molar-refractivity contribution in [2.45, 2.75) is 19.9 Å². The Labute approximate surface area is 129 Å². The second kappa shape index (κ2) is 6.58. The van der Waals surface area contributed by atoms with Crippen LogP contribution in [0.1, 0.15) is 25.5 Å². The van der Waals surface area contributed by atoms with Crippen molar-refractivity contribution >= 4 is 23.3 Å². The average Bonchev–Trinajstić information content (AvgIpc) is 2.49. The zero-order chi connectivity index (χ0) is 15.4. The molecular weight excluding hydrogens is 288 g/mol. The van der Waals surface area contributed by atoms with E-state index in [2.05, 4.69) is 10.6 Å². The van der Waals surface area contributed by atoms with Gasteiger partial charge < -0.3 is 20.1 Å². The highest BCUT2D eigenvalue weighted by Crippen LogP contribution is 2.27. The third-order valence-corrected chi connectivity index (χ3v) is 3.49. The largest absolute Gasteiger partial charge is 0.497 e. The highest BCUT2D eigenvalue weighted by Gasteiger charge is 2.27. The van der Waals surface area contributed by atoms with Crippen LogP contribution < -0.4 is 15.4 Å². The van der Waals surface area contributed by atoms with Crippen LogP contribution in [-0.4, -0.2) is 24.8 Å². The molecule has 1 atom stereocenters. The molecule has 1 aliphatic rings. The first-order chi connectivity index (χ1) is 10.1. The summed E-state index contributed by atoms with van der Waals surface area (Å²) < 4.78 is 10.2. The highest BCUT2D eigenvalue weighted by atomic mass is 32.1. The highest BCUT2D eigenvalue weighted by molar-refractivity contribution is 7.80. The molecule has 0 radical (unpaired) electrons. The molecule has 1 aliphatic heterocycles. The number of carbonyl (C=O) groups is 1. The minimum absolute atomic E-state index is 0.163. The number of hydrogen-bond acceptors (Lipinski definition) is 4. The van der Waals surface area contributed by atoms with Crippen molar-refractivity contribution in [1.82, 2.24) is 10.6 Å². The lowest BCUT2D eigenvalue weighted by molar-refractivity contribution is -0.138. The lowest BCUT2D eigenvalue weighted by Gasteiger charge is -2.29. The van der Waals surface area contributed by atoms with E-state index in [-0.39, 0.29) is 6.04 Å². The van der Waals surface area contributed by atoms with Crippen LogP contribution in [0, 0.1) is 0 Å².